The maximum Gasteiger partial charge on any atom is 0.150 e. The van der Waals surface area contributed by atoms with E-state index in [1.165, 1.54) is 33.4 Å². The van der Waals surface area contributed by atoms with Crippen molar-refractivity contribution >= 4 is 17.9 Å². The number of fused-ring (bicyclic) bond motifs is 1. The molecule has 0 saturated heterocycles. The van der Waals surface area contributed by atoms with E-state index in [-0.39, 0.29) is 0 Å². The lowest BCUT2D eigenvalue weighted by Crippen LogP contribution is -2.13. The molecule has 0 saturated carbocycles. The zero-order chi connectivity index (χ0) is 18.1. The molecule has 3 rings (SSSR count). The fourth-order valence-electron chi connectivity index (χ4n) is 3.74. The number of carbonyl (C=O) groups excluding carboxylic acids is 1. The SMILES string of the molecule is CC(=Cc1ccc(C=O)cc1)c1ccc2c(c1)C(C)C(C)=C(C)C2C. The van der Waals surface area contributed by atoms with Crippen LogP contribution in [0.2, 0.25) is 0 Å². The summed E-state index contributed by atoms with van der Waals surface area (Å²) in [5, 5.41) is 0. The monoisotopic (exact) mass is 330 g/mol. The standard InChI is InChI=1S/C24H26O/c1-15(12-20-6-8-21(14-25)9-7-20)22-10-11-23-18(4)16(2)17(3)19(5)24(23)13-22/h6-14,18-19H,1-5H3. The van der Waals surface area contributed by atoms with Crippen LogP contribution in [0.1, 0.15) is 79.1 Å². The highest BCUT2D eigenvalue weighted by molar-refractivity contribution is 5.82. The lowest BCUT2D eigenvalue weighted by molar-refractivity contribution is 0.112. The Balaban J connectivity index is 1.97. The number of carbonyl (C=O) groups is 1. The summed E-state index contributed by atoms with van der Waals surface area (Å²) in [6, 6.07) is 14.6. The molecule has 0 amide bonds. The third-order valence-corrected chi connectivity index (χ3v) is 5.85. The van der Waals surface area contributed by atoms with Gasteiger partial charge in [0.15, 0.2) is 0 Å². The topological polar surface area (TPSA) is 17.1 Å². The van der Waals surface area contributed by atoms with Gasteiger partial charge in [-0.3, -0.25) is 4.79 Å². The average Bonchev–Trinajstić information content (AvgIpc) is 2.64. The van der Waals surface area contributed by atoms with Crippen molar-refractivity contribution < 1.29 is 4.79 Å². The van der Waals surface area contributed by atoms with Gasteiger partial charge in [0.25, 0.3) is 0 Å². The lowest BCUT2D eigenvalue weighted by Gasteiger charge is -2.31. The highest BCUT2D eigenvalue weighted by Gasteiger charge is 2.25. The Morgan fingerprint density at radius 1 is 0.840 bits per heavy atom. The number of benzene rings is 2. The number of hydrogen-bond acceptors (Lipinski definition) is 1. The van der Waals surface area contributed by atoms with Gasteiger partial charge in [-0.2, -0.15) is 0 Å². The van der Waals surface area contributed by atoms with Gasteiger partial charge < -0.3 is 0 Å². The Kier molecular flexibility index (Phi) is 4.76. The summed E-state index contributed by atoms with van der Waals surface area (Å²) in [4.78, 5) is 10.8. The molecule has 25 heavy (non-hydrogen) atoms. The second kappa shape index (κ2) is 6.84. The number of hydrogen-bond donors (Lipinski definition) is 0. The number of aldehydes is 1. The minimum atomic E-state index is 0.478. The van der Waals surface area contributed by atoms with Gasteiger partial charge in [-0.1, -0.05) is 73.5 Å². The molecule has 0 heterocycles. The quantitative estimate of drug-likeness (QED) is 0.351. The van der Waals surface area contributed by atoms with Gasteiger partial charge in [0.2, 0.25) is 0 Å². The molecule has 0 spiro atoms. The second-order valence-electron chi connectivity index (χ2n) is 7.26. The summed E-state index contributed by atoms with van der Waals surface area (Å²) >= 11 is 0. The van der Waals surface area contributed by atoms with Crippen LogP contribution in [0.25, 0.3) is 11.6 Å². The number of allylic oxidation sites excluding steroid dienone is 3. The molecule has 128 valence electrons. The van der Waals surface area contributed by atoms with E-state index in [2.05, 4.69) is 58.9 Å². The van der Waals surface area contributed by atoms with Crippen LogP contribution in [0.15, 0.2) is 53.6 Å². The second-order valence-corrected chi connectivity index (χ2v) is 7.26. The molecule has 1 nitrogen and oxygen atoms in total. The van der Waals surface area contributed by atoms with Gasteiger partial charge >= 0.3 is 0 Å². The summed E-state index contributed by atoms with van der Waals surface area (Å²) in [6.45, 7) is 11.3. The van der Waals surface area contributed by atoms with E-state index in [0.29, 0.717) is 17.4 Å². The Bertz CT molecular complexity index is 865. The first-order valence-corrected chi connectivity index (χ1v) is 8.97. The number of rotatable bonds is 3. The van der Waals surface area contributed by atoms with E-state index in [4.69, 9.17) is 0 Å². The third kappa shape index (κ3) is 3.24. The smallest absolute Gasteiger partial charge is 0.150 e. The first-order valence-electron chi connectivity index (χ1n) is 8.97. The molecule has 2 unspecified atom stereocenters. The zero-order valence-corrected chi connectivity index (χ0v) is 15.8. The van der Waals surface area contributed by atoms with E-state index >= 15 is 0 Å². The van der Waals surface area contributed by atoms with Crippen LogP contribution >= 0.6 is 0 Å². The maximum absolute atomic E-state index is 10.8. The maximum atomic E-state index is 10.8. The normalized spacial score (nSPS) is 20.4. The lowest BCUT2D eigenvalue weighted by atomic mass is 9.74. The Morgan fingerprint density at radius 3 is 2.00 bits per heavy atom. The van der Waals surface area contributed by atoms with Crippen LogP contribution < -0.4 is 0 Å². The van der Waals surface area contributed by atoms with Crippen molar-refractivity contribution in [3.63, 3.8) is 0 Å². The molecular weight excluding hydrogens is 304 g/mol. The van der Waals surface area contributed by atoms with Crippen LogP contribution in [0.5, 0.6) is 0 Å². The van der Waals surface area contributed by atoms with Gasteiger partial charge in [-0.15, -0.1) is 0 Å². The van der Waals surface area contributed by atoms with Gasteiger partial charge in [-0.05, 0) is 48.6 Å². The van der Waals surface area contributed by atoms with E-state index in [0.717, 1.165) is 11.8 Å². The Morgan fingerprint density at radius 2 is 1.40 bits per heavy atom. The van der Waals surface area contributed by atoms with Gasteiger partial charge in [0.05, 0.1) is 0 Å². The van der Waals surface area contributed by atoms with E-state index < -0.39 is 0 Å². The predicted octanol–water partition coefficient (Wildman–Crippen LogP) is 6.62. The Hall–Kier alpha value is -2.41. The molecule has 0 N–H and O–H groups in total. The molecule has 1 aliphatic carbocycles. The van der Waals surface area contributed by atoms with E-state index in [1.54, 1.807) is 0 Å². The summed E-state index contributed by atoms with van der Waals surface area (Å²) < 4.78 is 0. The predicted molar refractivity (Wildman–Crippen MR) is 107 cm³/mol. The molecule has 2 aromatic rings. The summed E-state index contributed by atoms with van der Waals surface area (Å²) in [5.41, 5.74) is 10.3. The fourth-order valence-corrected chi connectivity index (χ4v) is 3.74. The first-order chi connectivity index (χ1) is 11.9. The van der Waals surface area contributed by atoms with Crippen molar-refractivity contribution in [3.05, 3.63) is 81.4 Å². The minimum Gasteiger partial charge on any atom is -0.298 e. The summed E-state index contributed by atoms with van der Waals surface area (Å²) in [6.07, 6.45) is 3.06. The fraction of sp³-hybridized carbons (Fsp3) is 0.292. The highest BCUT2D eigenvalue weighted by atomic mass is 16.1. The van der Waals surface area contributed by atoms with Crippen molar-refractivity contribution in [1.29, 1.82) is 0 Å². The van der Waals surface area contributed by atoms with E-state index in [1.807, 2.05) is 24.3 Å². The Labute approximate surface area is 151 Å². The molecular formula is C24H26O. The van der Waals surface area contributed by atoms with Crippen LogP contribution in [0.3, 0.4) is 0 Å². The summed E-state index contributed by atoms with van der Waals surface area (Å²) in [5.74, 6) is 0.978. The average molecular weight is 330 g/mol. The molecule has 2 aromatic carbocycles. The molecule has 0 bridgehead atoms. The highest BCUT2D eigenvalue weighted by Crippen LogP contribution is 2.42. The van der Waals surface area contributed by atoms with Gasteiger partial charge in [0.1, 0.15) is 6.29 Å². The van der Waals surface area contributed by atoms with Gasteiger partial charge in [-0.25, -0.2) is 0 Å². The largest absolute Gasteiger partial charge is 0.298 e. The van der Waals surface area contributed by atoms with Crippen molar-refractivity contribution in [3.8, 4) is 0 Å². The molecule has 2 atom stereocenters. The van der Waals surface area contributed by atoms with Crippen molar-refractivity contribution in [2.45, 2.75) is 46.5 Å². The van der Waals surface area contributed by atoms with Crippen LogP contribution in [0.4, 0.5) is 0 Å². The van der Waals surface area contributed by atoms with Crippen molar-refractivity contribution in [2.75, 3.05) is 0 Å². The third-order valence-electron chi connectivity index (χ3n) is 5.85. The first kappa shape index (κ1) is 17.4. The zero-order valence-electron chi connectivity index (χ0n) is 15.8. The minimum absolute atomic E-state index is 0.478. The van der Waals surface area contributed by atoms with Crippen LogP contribution in [-0.4, -0.2) is 6.29 Å². The molecule has 0 radical (unpaired) electrons. The molecule has 1 heteroatoms. The van der Waals surface area contributed by atoms with Crippen molar-refractivity contribution in [2.24, 2.45) is 0 Å². The molecule has 0 fully saturated rings. The molecule has 0 aromatic heterocycles. The molecule has 1 aliphatic rings. The van der Waals surface area contributed by atoms with Crippen LogP contribution in [-0.2, 0) is 0 Å². The van der Waals surface area contributed by atoms with E-state index in [9.17, 15) is 4.79 Å². The van der Waals surface area contributed by atoms with Crippen LogP contribution in [0, 0.1) is 0 Å². The summed E-state index contributed by atoms with van der Waals surface area (Å²) in [7, 11) is 0. The van der Waals surface area contributed by atoms with Crippen molar-refractivity contribution in [1.82, 2.24) is 0 Å². The molecule has 0 aliphatic heterocycles. The van der Waals surface area contributed by atoms with Gasteiger partial charge in [0, 0.05) is 17.4 Å².